The van der Waals surface area contributed by atoms with Crippen molar-refractivity contribution >= 4 is 17.7 Å². The van der Waals surface area contributed by atoms with E-state index in [4.69, 9.17) is 14.6 Å². The Morgan fingerprint density at radius 3 is 2.40 bits per heavy atom. The van der Waals surface area contributed by atoms with E-state index in [1.165, 1.54) is 17.0 Å². The second-order valence-electron chi connectivity index (χ2n) is 7.22. The lowest BCUT2D eigenvalue weighted by atomic mass is 9.97. The summed E-state index contributed by atoms with van der Waals surface area (Å²) in [6.07, 6.45) is 0.776. The Kier molecular flexibility index (Phi) is 7.13. The topological polar surface area (TPSA) is 99.5 Å². The molecule has 1 saturated heterocycles. The van der Waals surface area contributed by atoms with E-state index in [1.54, 1.807) is 43.4 Å². The minimum Gasteiger partial charge on any atom is -0.508 e. The fourth-order valence-corrected chi connectivity index (χ4v) is 3.28. The van der Waals surface area contributed by atoms with Crippen molar-refractivity contribution in [2.45, 2.75) is 12.8 Å². The first kappa shape index (κ1) is 21.4. The Morgan fingerprint density at radius 1 is 1.10 bits per heavy atom. The molecule has 0 saturated carbocycles. The van der Waals surface area contributed by atoms with Crippen LogP contribution in [-0.2, 0) is 4.79 Å². The van der Waals surface area contributed by atoms with Crippen LogP contribution in [0.4, 0.5) is 10.5 Å². The molecule has 1 fully saturated rings. The molecule has 2 aromatic carbocycles. The standard InChI is InChI=1S/C22H26N2O6/c1-23(17-3-2-4-18(25)15-17)22(28)30-20-7-5-19(6-8-20)29-14-13-24-11-9-16(10-12-24)21(26)27/h2-8,15-16,25H,9-14H2,1H3,(H,26,27). The lowest BCUT2D eigenvalue weighted by Crippen LogP contribution is -2.38. The van der Waals surface area contributed by atoms with E-state index in [2.05, 4.69) is 4.90 Å². The summed E-state index contributed by atoms with van der Waals surface area (Å²) >= 11 is 0. The van der Waals surface area contributed by atoms with Crippen LogP contribution < -0.4 is 14.4 Å². The van der Waals surface area contributed by atoms with Crippen LogP contribution >= 0.6 is 0 Å². The molecule has 0 radical (unpaired) electrons. The number of piperidine rings is 1. The van der Waals surface area contributed by atoms with Gasteiger partial charge in [0, 0.05) is 19.7 Å². The van der Waals surface area contributed by atoms with E-state index in [0.29, 0.717) is 36.6 Å². The van der Waals surface area contributed by atoms with Crippen molar-refractivity contribution in [1.82, 2.24) is 4.90 Å². The van der Waals surface area contributed by atoms with Gasteiger partial charge in [0.25, 0.3) is 0 Å². The average Bonchev–Trinajstić information content (AvgIpc) is 2.74. The number of benzene rings is 2. The van der Waals surface area contributed by atoms with Gasteiger partial charge in [-0.05, 0) is 62.3 Å². The molecule has 0 spiro atoms. The van der Waals surface area contributed by atoms with Gasteiger partial charge in [-0.15, -0.1) is 0 Å². The summed E-state index contributed by atoms with van der Waals surface area (Å²) in [6.45, 7) is 2.76. The number of aliphatic carboxylic acids is 1. The minimum absolute atomic E-state index is 0.0694. The Morgan fingerprint density at radius 2 is 1.77 bits per heavy atom. The number of hydrogen-bond acceptors (Lipinski definition) is 6. The SMILES string of the molecule is CN(C(=O)Oc1ccc(OCCN2CCC(C(=O)O)CC2)cc1)c1cccc(O)c1. The normalized spacial score (nSPS) is 14.8. The molecule has 0 aromatic heterocycles. The van der Waals surface area contributed by atoms with Gasteiger partial charge in [-0.25, -0.2) is 4.79 Å². The molecular formula is C22H26N2O6. The Hall–Kier alpha value is -3.26. The highest BCUT2D eigenvalue weighted by atomic mass is 16.6. The third kappa shape index (κ3) is 5.87. The van der Waals surface area contributed by atoms with Crippen molar-refractivity contribution in [3.8, 4) is 17.2 Å². The van der Waals surface area contributed by atoms with E-state index in [9.17, 15) is 14.7 Å². The van der Waals surface area contributed by atoms with Crippen molar-refractivity contribution in [3.63, 3.8) is 0 Å². The van der Waals surface area contributed by atoms with Gasteiger partial charge in [0.2, 0.25) is 0 Å². The highest BCUT2D eigenvalue weighted by Crippen LogP contribution is 2.22. The molecule has 30 heavy (non-hydrogen) atoms. The number of carboxylic acids is 1. The molecule has 1 aliphatic heterocycles. The first-order chi connectivity index (χ1) is 14.4. The van der Waals surface area contributed by atoms with E-state index in [1.807, 2.05) is 0 Å². The molecule has 1 heterocycles. The maximum atomic E-state index is 12.3. The molecule has 8 heteroatoms. The highest BCUT2D eigenvalue weighted by molar-refractivity contribution is 5.88. The lowest BCUT2D eigenvalue weighted by molar-refractivity contribution is -0.143. The van der Waals surface area contributed by atoms with Gasteiger partial charge in [-0.1, -0.05) is 6.07 Å². The van der Waals surface area contributed by atoms with Crippen molar-refractivity contribution in [3.05, 3.63) is 48.5 Å². The molecule has 2 aromatic rings. The minimum atomic E-state index is -0.709. The Balaban J connectivity index is 1.42. The van der Waals surface area contributed by atoms with Gasteiger partial charge in [-0.2, -0.15) is 0 Å². The molecule has 0 atom stereocenters. The van der Waals surface area contributed by atoms with Gasteiger partial charge in [0.1, 0.15) is 23.9 Å². The summed E-state index contributed by atoms with van der Waals surface area (Å²) in [7, 11) is 1.56. The van der Waals surface area contributed by atoms with Gasteiger partial charge < -0.3 is 19.7 Å². The maximum absolute atomic E-state index is 12.3. The van der Waals surface area contributed by atoms with Gasteiger partial charge in [0.15, 0.2) is 0 Å². The number of carboxylic acid groups (broad SMARTS) is 1. The number of ether oxygens (including phenoxy) is 2. The number of amides is 1. The molecule has 0 unspecified atom stereocenters. The van der Waals surface area contributed by atoms with Crippen LogP contribution in [0.25, 0.3) is 0 Å². The van der Waals surface area contributed by atoms with Crippen molar-refractivity contribution in [1.29, 1.82) is 0 Å². The van der Waals surface area contributed by atoms with E-state index >= 15 is 0 Å². The highest BCUT2D eigenvalue weighted by Gasteiger charge is 2.24. The van der Waals surface area contributed by atoms with Crippen LogP contribution in [0.2, 0.25) is 0 Å². The molecule has 8 nitrogen and oxygen atoms in total. The predicted molar refractivity (Wildman–Crippen MR) is 111 cm³/mol. The van der Waals surface area contributed by atoms with Crippen LogP contribution in [-0.4, -0.2) is 60.5 Å². The second kappa shape index (κ2) is 9.98. The average molecular weight is 414 g/mol. The van der Waals surface area contributed by atoms with Crippen LogP contribution in [0.3, 0.4) is 0 Å². The molecule has 0 aliphatic carbocycles. The van der Waals surface area contributed by atoms with E-state index in [-0.39, 0.29) is 11.7 Å². The zero-order chi connectivity index (χ0) is 21.5. The quantitative estimate of drug-likeness (QED) is 0.718. The molecule has 3 rings (SSSR count). The molecular weight excluding hydrogens is 388 g/mol. The third-order valence-electron chi connectivity index (χ3n) is 5.13. The molecule has 1 amide bonds. The molecule has 160 valence electrons. The summed E-state index contributed by atoms with van der Waals surface area (Å²) in [5.74, 6) is 0.176. The molecule has 2 N–H and O–H groups in total. The number of carbonyl (C=O) groups is 2. The number of nitrogens with zero attached hydrogens (tertiary/aromatic N) is 2. The van der Waals surface area contributed by atoms with Crippen molar-refractivity contribution in [2.24, 2.45) is 5.92 Å². The van der Waals surface area contributed by atoms with E-state index in [0.717, 1.165) is 19.6 Å². The molecule has 1 aliphatic rings. The zero-order valence-electron chi connectivity index (χ0n) is 16.9. The monoisotopic (exact) mass is 414 g/mol. The van der Waals surface area contributed by atoms with Gasteiger partial charge >= 0.3 is 12.1 Å². The largest absolute Gasteiger partial charge is 0.508 e. The number of anilines is 1. The first-order valence-corrected chi connectivity index (χ1v) is 9.85. The summed E-state index contributed by atoms with van der Waals surface area (Å²) in [4.78, 5) is 26.8. The van der Waals surface area contributed by atoms with Crippen molar-refractivity contribution in [2.75, 3.05) is 38.2 Å². The van der Waals surface area contributed by atoms with E-state index < -0.39 is 12.1 Å². The number of hydrogen-bond donors (Lipinski definition) is 2. The number of likely N-dealkylation sites (tertiary alicyclic amines) is 1. The number of phenolic OH excluding ortho intramolecular Hbond substituents is 1. The van der Waals surface area contributed by atoms with Crippen LogP contribution in [0.15, 0.2) is 48.5 Å². The lowest BCUT2D eigenvalue weighted by Gasteiger charge is -2.29. The fraction of sp³-hybridized carbons (Fsp3) is 0.364. The second-order valence-corrected chi connectivity index (χ2v) is 7.22. The number of carbonyl (C=O) groups excluding carboxylic acids is 1. The zero-order valence-corrected chi connectivity index (χ0v) is 16.9. The molecule has 0 bridgehead atoms. The summed E-state index contributed by atoms with van der Waals surface area (Å²) in [5, 5.41) is 18.6. The smallest absolute Gasteiger partial charge is 0.419 e. The van der Waals surface area contributed by atoms with Gasteiger partial charge in [-0.3, -0.25) is 14.6 Å². The Bertz CT molecular complexity index is 862. The van der Waals surface area contributed by atoms with Crippen molar-refractivity contribution < 1.29 is 29.3 Å². The first-order valence-electron chi connectivity index (χ1n) is 9.85. The maximum Gasteiger partial charge on any atom is 0.419 e. The van der Waals surface area contributed by atoms with Gasteiger partial charge in [0.05, 0.1) is 11.6 Å². The third-order valence-corrected chi connectivity index (χ3v) is 5.13. The van der Waals surface area contributed by atoms with Crippen LogP contribution in [0, 0.1) is 5.92 Å². The Labute approximate surface area is 175 Å². The number of phenols is 1. The predicted octanol–water partition coefficient (Wildman–Crippen LogP) is 3.20. The number of rotatable bonds is 7. The number of aromatic hydroxyl groups is 1. The summed E-state index contributed by atoms with van der Waals surface area (Å²) in [6, 6.07) is 13.1. The van der Waals surface area contributed by atoms with Crippen LogP contribution in [0.1, 0.15) is 12.8 Å². The summed E-state index contributed by atoms with van der Waals surface area (Å²) < 4.78 is 11.1. The fourth-order valence-electron chi connectivity index (χ4n) is 3.28. The summed E-state index contributed by atoms with van der Waals surface area (Å²) in [5.41, 5.74) is 0.521. The van der Waals surface area contributed by atoms with Crippen LogP contribution in [0.5, 0.6) is 17.2 Å².